The molecule has 2 aromatic heterocycles. The van der Waals surface area contributed by atoms with Crippen molar-refractivity contribution in [2.45, 2.75) is 38.4 Å². The molecule has 5 rings (SSSR count). The van der Waals surface area contributed by atoms with Gasteiger partial charge in [-0.15, -0.1) is 0 Å². The summed E-state index contributed by atoms with van der Waals surface area (Å²) in [5.41, 5.74) is 1.77. The number of benzene rings is 2. The third-order valence-electron chi connectivity index (χ3n) is 6.84. The number of amides is 1. The number of anilines is 2. The molecule has 2 aromatic carbocycles. The molecular weight excluding hydrogens is 585 g/mol. The van der Waals surface area contributed by atoms with Crippen molar-refractivity contribution >= 4 is 52.5 Å². The predicted molar refractivity (Wildman–Crippen MR) is 162 cm³/mol. The molecule has 0 bridgehead atoms. The van der Waals surface area contributed by atoms with Crippen LogP contribution in [0.25, 0.3) is 5.82 Å². The topological polar surface area (TPSA) is 106 Å². The van der Waals surface area contributed by atoms with Crippen LogP contribution in [0.2, 0.25) is 15.1 Å². The van der Waals surface area contributed by atoms with Crippen molar-refractivity contribution in [3.05, 3.63) is 93.4 Å². The van der Waals surface area contributed by atoms with E-state index in [2.05, 4.69) is 25.9 Å². The summed E-state index contributed by atoms with van der Waals surface area (Å²) in [6.07, 6.45) is 7.55. The van der Waals surface area contributed by atoms with Crippen molar-refractivity contribution in [3.63, 3.8) is 0 Å². The van der Waals surface area contributed by atoms with E-state index in [0.29, 0.717) is 64.7 Å². The summed E-state index contributed by atoms with van der Waals surface area (Å²) in [6.45, 7) is 2.13. The number of aromatic nitrogens is 4. The first-order chi connectivity index (χ1) is 19.9. The zero-order valence-electron chi connectivity index (χ0n) is 22.2. The molecule has 1 fully saturated rings. The fourth-order valence-electron chi connectivity index (χ4n) is 4.64. The first-order valence-electron chi connectivity index (χ1n) is 13.3. The number of nitrogens with zero attached hydrogens (tertiary/aromatic N) is 4. The number of ether oxygens (including phenoxy) is 1. The lowest BCUT2D eigenvalue weighted by Crippen LogP contribution is -2.41. The molecule has 0 saturated carbocycles. The summed E-state index contributed by atoms with van der Waals surface area (Å²) in [4.78, 5) is 27.1. The van der Waals surface area contributed by atoms with Gasteiger partial charge in [0.1, 0.15) is 24.0 Å². The molecule has 3 N–H and O–H groups in total. The molecular formula is C29H30Cl3N7O2. The van der Waals surface area contributed by atoms with Gasteiger partial charge in [-0.1, -0.05) is 53.0 Å². The Balaban J connectivity index is 1.37. The molecule has 0 radical (unpaired) electrons. The fraction of sp³-hybridized carbons (Fsp3) is 0.310. The average Bonchev–Trinajstić information content (AvgIpc) is 3.51. The van der Waals surface area contributed by atoms with Gasteiger partial charge in [0.25, 0.3) is 0 Å². The van der Waals surface area contributed by atoms with E-state index in [-0.39, 0.29) is 12.5 Å². The number of hydrogen-bond acceptors (Lipinski definition) is 7. The number of halogens is 3. The summed E-state index contributed by atoms with van der Waals surface area (Å²) in [5, 5.41) is 11.4. The molecule has 41 heavy (non-hydrogen) atoms. The number of rotatable bonds is 11. The molecule has 1 aliphatic rings. The molecule has 1 aliphatic heterocycles. The van der Waals surface area contributed by atoms with Gasteiger partial charge in [-0.3, -0.25) is 9.36 Å². The van der Waals surface area contributed by atoms with E-state index >= 15 is 0 Å². The Bertz CT molecular complexity index is 1460. The van der Waals surface area contributed by atoms with E-state index in [0.717, 1.165) is 24.0 Å². The van der Waals surface area contributed by atoms with E-state index in [1.165, 1.54) is 0 Å². The minimum atomic E-state index is -0.546. The van der Waals surface area contributed by atoms with Crippen LogP contribution < -0.4 is 16.0 Å². The van der Waals surface area contributed by atoms with Crippen molar-refractivity contribution in [3.8, 4) is 5.82 Å². The smallest absolute Gasteiger partial charge is 0.242 e. The van der Waals surface area contributed by atoms with Gasteiger partial charge in [0.2, 0.25) is 11.9 Å². The highest BCUT2D eigenvalue weighted by Crippen LogP contribution is 2.24. The van der Waals surface area contributed by atoms with E-state index in [9.17, 15) is 4.79 Å². The summed E-state index contributed by atoms with van der Waals surface area (Å²) in [6, 6.07) is 14.1. The second-order valence-corrected chi connectivity index (χ2v) is 11.1. The zero-order valence-corrected chi connectivity index (χ0v) is 24.5. The lowest BCUT2D eigenvalue weighted by atomic mass is 9.92. The van der Waals surface area contributed by atoms with Crippen LogP contribution in [0.1, 0.15) is 30.4 Å². The highest BCUT2D eigenvalue weighted by atomic mass is 35.5. The Hall–Kier alpha value is -3.37. The highest BCUT2D eigenvalue weighted by molar-refractivity contribution is 6.35. The molecule has 3 heterocycles. The van der Waals surface area contributed by atoms with Crippen molar-refractivity contribution in [2.24, 2.45) is 5.92 Å². The summed E-state index contributed by atoms with van der Waals surface area (Å²) in [5.74, 6) is 1.69. The lowest BCUT2D eigenvalue weighted by molar-refractivity contribution is -0.122. The second-order valence-electron chi connectivity index (χ2n) is 9.83. The predicted octanol–water partition coefficient (Wildman–Crippen LogP) is 6.15. The molecule has 0 aliphatic carbocycles. The first kappa shape index (κ1) is 29.1. The van der Waals surface area contributed by atoms with Gasteiger partial charge in [-0.05, 0) is 60.6 Å². The van der Waals surface area contributed by atoms with Crippen molar-refractivity contribution in [1.29, 1.82) is 0 Å². The first-order valence-corrected chi connectivity index (χ1v) is 14.5. The van der Waals surface area contributed by atoms with Crippen LogP contribution in [0.3, 0.4) is 0 Å². The molecule has 214 valence electrons. The Kier molecular flexibility index (Phi) is 9.95. The maximum absolute atomic E-state index is 13.6. The molecule has 9 nitrogen and oxygen atoms in total. The normalized spacial score (nSPS) is 14.4. The zero-order chi connectivity index (χ0) is 28.6. The summed E-state index contributed by atoms with van der Waals surface area (Å²) in [7, 11) is 0. The van der Waals surface area contributed by atoms with E-state index in [4.69, 9.17) is 44.5 Å². The minimum Gasteiger partial charge on any atom is -0.381 e. The van der Waals surface area contributed by atoms with Crippen molar-refractivity contribution < 1.29 is 9.53 Å². The second kappa shape index (κ2) is 14.0. The maximum Gasteiger partial charge on any atom is 0.242 e. The van der Waals surface area contributed by atoms with Crippen LogP contribution in [0.15, 0.2) is 67.3 Å². The molecule has 0 unspecified atom stereocenters. The largest absolute Gasteiger partial charge is 0.381 e. The number of carbonyl (C=O) groups excluding carboxylic acids is 1. The summed E-state index contributed by atoms with van der Waals surface area (Å²) >= 11 is 18.5. The Morgan fingerprint density at radius 3 is 2.61 bits per heavy atom. The molecule has 0 spiro atoms. The number of hydrogen-bond donors (Lipinski definition) is 3. The van der Waals surface area contributed by atoms with Gasteiger partial charge >= 0.3 is 0 Å². The monoisotopic (exact) mass is 613 g/mol. The van der Waals surface area contributed by atoms with Gasteiger partial charge < -0.3 is 20.7 Å². The van der Waals surface area contributed by atoms with Crippen molar-refractivity contribution in [1.82, 2.24) is 24.8 Å². The van der Waals surface area contributed by atoms with E-state index in [1.807, 2.05) is 30.3 Å². The summed E-state index contributed by atoms with van der Waals surface area (Å²) < 4.78 is 7.32. The third kappa shape index (κ3) is 8.33. The highest BCUT2D eigenvalue weighted by Gasteiger charge is 2.25. The number of imidazole rings is 1. The van der Waals surface area contributed by atoms with Crippen LogP contribution in [0.4, 0.5) is 11.8 Å². The van der Waals surface area contributed by atoms with Crippen LogP contribution in [-0.2, 0) is 22.6 Å². The minimum absolute atomic E-state index is 0.154. The molecule has 12 heteroatoms. The number of carbonyl (C=O) groups is 1. The Labute approximate surface area is 253 Å². The Morgan fingerprint density at radius 2 is 1.85 bits per heavy atom. The molecule has 1 atom stereocenters. The van der Waals surface area contributed by atoms with Crippen LogP contribution in [0, 0.1) is 5.92 Å². The van der Waals surface area contributed by atoms with Crippen LogP contribution in [0.5, 0.6) is 0 Å². The third-order valence-corrected chi connectivity index (χ3v) is 7.66. The van der Waals surface area contributed by atoms with E-state index in [1.54, 1.807) is 41.5 Å². The molecule has 4 aromatic rings. The SMILES string of the molecule is O=C(NCc1ccc(Cl)cc1Cl)[C@@H](CC1CCOCC1)Nc1cc(-n2ccnc2)nc(NCc2cccc(Cl)c2)n1. The maximum atomic E-state index is 13.6. The number of nitrogens with one attached hydrogen (secondary N) is 3. The molecule has 1 amide bonds. The van der Waals surface area contributed by atoms with Crippen LogP contribution >= 0.6 is 34.8 Å². The standard InChI is InChI=1S/C29H30Cl3N7O2/c30-22-3-1-2-20(12-22)16-35-29-37-26(15-27(38-29)39-9-8-33-18-39)36-25(13-19-6-10-41-11-7-19)28(40)34-17-21-4-5-23(31)14-24(21)32/h1-5,8-9,12,14-15,18-19,25H,6-7,10-11,13,16-17H2,(H,34,40)(H2,35,36,37,38)/t25-/m1/s1. The molecule has 1 saturated heterocycles. The van der Waals surface area contributed by atoms with Gasteiger partial charge in [0, 0.05) is 59.8 Å². The van der Waals surface area contributed by atoms with Crippen molar-refractivity contribution in [2.75, 3.05) is 23.8 Å². The van der Waals surface area contributed by atoms with Gasteiger partial charge in [-0.2, -0.15) is 9.97 Å². The van der Waals surface area contributed by atoms with Gasteiger partial charge in [0.15, 0.2) is 0 Å². The van der Waals surface area contributed by atoms with Gasteiger partial charge in [-0.25, -0.2) is 4.98 Å². The average molecular weight is 615 g/mol. The fourth-order valence-corrected chi connectivity index (χ4v) is 5.33. The lowest BCUT2D eigenvalue weighted by Gasteiger charge is -2.27. The van der Waals surface area contributed by atoms with Crippen LogP contribution in [-0.4, -0.2) is 44.7 Å². The van der Waals surface area contributed by atoms with E-state index < -0.39 is 6.04 Å². The Morgan fingerprint density at radius 1 is 1.02 bits per heavy atom. The van der Waals surface area contributed by atoms with Gasteiger partial charge in [0.05, 0.1) is 0 Å². The quantitative estimate of drug-likeness (QED) is 0.186.